The molecule has 1 aliphatic heterocycles. The molecule has 0 bridgehead atoms. The minimum Gasteiger partial charge on any atom is -0.305 e. The Morgan fingerprint density at radius 2 is 1.83 bits per heavy atom. The van der Waals surface area contributed by atoms with Gasteiger partial charge in [-0.05, 0) is 18.2 Å². The molecule has 0 spiro atoms. The zero-order chi connectivity index (χ0) is 17.3. The van der Waals surface area contributed by atoms with Gasteiger partial charge in [-0.25, -0.2) is 0 Å². The second kappa shape index (κ2) is 5.93. The SMILES string of the molecule is CN1CC=C2C(C#N)C(=N)C(C#N)(C#N)[C@@H](c3ccccc3)[C@H]2C1. The summed E-state index contributed by atoms with van der Waals surface area (Å²) in [6.45, 7) is 1.38. The van der Waals surface area contributed by atoms with Gasteiger partial charge < -0.3 is 10.3 Å². The lowest BCUT2D eigenvalue weighted by Gasteiger charge is -2.47. The van der Waals surface area contributed by atoms with Crippen LogP contribution >= 0.6 is 0 Å². The number of nitrogens with zero attached hydrogens (tertiary/aromatic N) is 4. The fourth-order valence-corrected chi connectivity index (χ4v) is 3.99. The molecule has 118 valence electrons. The molecule has 1 aromatic rings. The molecule has 1 saturated carbocycles. The van der Waals surface area contributed by atoms with E-state index in [9.17, 15) is 15.8 Å². The van der Waals surface area contributed by atoms with Gasteiger partial charge in [0, 0.05) is 24.9 Å². The van der Waals surface area contributed by atoms with Crippen LogP contribution in [0.25, 0.3) is 0 Å². The average molecular weight is 315 g/mol. The summed E-state index contributed by atoms with van der Waals surface area (Å²) < 4.78 is 0. The molecule has 1 aliphatic carbocycles. The van der Waals surface area contributed by atoms with Gasteiger partial charge in [-0.1, -0.05) is 36.4 Å². The molecule has 0 aromatic heterocycles. The maximum absolute atomic E-state index is 9.86. The van der Waals surface area contributed by atoms with Crippen LogP contribution < -0.4 is 0 Å². The van der Waals surface area contributed by atoms with Crippen LogP contribution in [0.5, 0.6) is 0 Å². The quantitative estimate of drug-likeness (QED) is 0.805. The molecule has 1 aromatic carbocycles. The van der Waals surface area contributed by atoms with Crippen LogP contribution in [-0.2, 0) is 0 Å². The van der Waals surface area contributed by atoms with Gasteiger partial charge in [0.05, 0.1) is 23.9 Å². The fraction of sp³-hybridized carbons (Fsp3) is 0.368. The minimum absolute atomic E-state index is 0.0871. The molecule has 3 rings (SSSR count). The van der Waals surface area contributed by atoms with Crippen molar-refractivity contribution in [3.63, 3.8) is 0 Å². The molecule has 1 heterocycles. The van der Waals surface area contributed by atoms with Crippen LogP contribution in [0.2, 0.25) is 0 Å². The normalized spacial score (nSPS) is 28.7. The second-order valence-electron chi connectivity index (χ2n) is 6.43. The first-order chi connectivity index (χ1) is 11.6. The molecule has 5 heteroatoms. The third-order valence-electron chi connectivity index (χ3n) is 5.13. The number of likely N-dealkylation sites (N-methyl/N-ethyl adjacent to an activating group) is 1. The monoisotopic (exact) mass is 315 g/mol. The smallest absolute Gasteiger partial charge is 0.189 e. The topological polar surface area (TPSA) is 98.5 Å². The Morgan fingerprint density at radius 3 is 2.42 bits per heavy atom. The lowest BCUT2D eigenvalue weighted by molar-refractivity contribution is 0.235. The van der Waals surface area contributed by atoms with Gasteiger partial charge in [0.1, 0.15) is 5.92 Å². The molecule has 3 atom stereocenters. The Kier molecular flexibility index (Phi) is 3.94. The van der Waals surface area contributed by atoms with E-state index in [1.54, 1.807) is 0 Å². The molecular formula is C19H17N5. The van der Waals surface area contributed by atoms with Gasteiger partial charge in [-0.15, -0.1) is 0 Å². The Balaban J connectivity index is 2.26. The van der Waals surface area contributed by atoms with Gasteiger partial charge >= 0.3 is 0 Å². The van der Waals surface area contributed by atoms with E-state index in [0.29, 0.717) is 13.1 Å². The van der Waals surface area contributed by atoms with Crippen LogP contribution in [0, 0.1) is 56.7 Å². The van der Waals surface area contributed by atoms with Gasteiger partial charge in [-0.2, -0.15) is 15.8 Å². The summed E-state index contributed by atoms with van der Waals surface area (Å²) in [5, 5.41) is 37.8. The maximum Gasteiger partial charge on any atom is 0.189 e. The molecule has 0 radical (unpaired) electrons. The first kappa shape index (κ1) is 15.9. The second-order valence-corrected chi connectivity index (χ2v) is 6.43. The highest BCUT2D eigenvalue weighted by Crippen LogP contribution is 2.53. The molecule has 1 unspecified atom stereocenters. The Bertz CT molecular complexity index is 804. The van der Waals surface area contributed by atoms with Crippen molar-refractivity contribution in [3.8, 4) is 18.2 Å². The predicted octanol–water partition coefficient (Wildman–Crippen LogP) is 2.46. The third kappa shape index (κ3) is 2.13. The van der Waals surface area contributed by atoms with E-state index < -0.39 is 17.3 Å². The van der Waals surface area contributed by atoms with Crippen molar-refractivity contribution in [2.75, 3.05) is 20.1 Å². The van der Waals surface area contributed by atoms with E-state index in [-0.39, 0.29) is 11.6 Å². The average Bonchev–Trinajstić information content (AvgIpc) is 2.62. The summed E-state index contributed by atoms with van der Waals surface area (Å²) >= 11 is 0. The van der Waals surface area contributed by atoms with E-state index in [2.05, 4.69) is 23.1 Å². The van der Waals surface area contributed by atoms with Gasteiger partial charge in [-0.3, -0.25) is 0 Å². The summed E-state index contributed by atoms with van der Waals surface area (Å²) in [7, 11) is 1.98. The molecule has 24 heavy (non-hydrogen) atoms. The highest BCUT2D eigenvalue weighted by Gasteiger charge is 2.57. The van der Waals surface area contributed by atoms with E-state index in [0.717, 1.165) is 11.1 Å². The summed E-state index contributed by atoms with van der Waals surface area (Å²) in [6, 6.07) is 15.8. The first-order valence-corrected chi connectivity index (χ1v) is 7.83. The highest BCUT2D eigenvalue weighted by atomic mass is 15.1. The third-order valence-corrected chi connectivity index (χ3v) is 5.13. The summed E-state index contributed by atoms with van der Waals surface area (Å²) in [4.78, 5) is 2.12. The Hall–Kier alpha value is -2.94. The number of benzene rings is 1. The minimum atomic E-state index is -1.61. The molecular weight excluding hydrogens is 298 g/mol. The summed E-state index contributed by atoms with van der Waals surface area (Å²) in [6.07, 6.45) is 1.99. The molecule has 2 aliphatic rings. The van der Waals surface area contributed by atoms with Crippen molar-refractivity contribution in [2.45, 2.75) is 5.92 Å². The number of nitrogens with one attached hydrogen (secondary N) is 1. The van der Waals surface area contributed by atoms with E-state index in [1.807, 2.05) is 43.5 Å². The summed E-state index contributed by atoms with van der Waals surface area (Å²) in [5.74, 6) is -1.35. The van der Waals surface area contributed by atoms with Crippen molar-refractivity contribution in [1.82, 2.24) is 4.90 Å². The van der Waals surface area contributed by atoms with E-state index >= 15 is 0 Å². The highest BCUT2D eigenvalue weighted by molar-refractivity contribution is 6.00. The summed E-state index contributed by atoms with van der Waals surface area (Å²) in [5.41, 5.74) is 0.0569. The van der Waals surface area contributed by atoms with Gasteiger partial charge in [0.15, 0.2) is 5.41 Å². The van der Waals surface area contributed by atoms with Crippen LogP contribution in [-0.4, -0.2) is 30.7 Å². The number of hydrogen-bond acceptors (Lipinski definition) is 5. The first-order valence-electron chi connectivity index (χ1n) is 7.83. The van der Waals surface area contributed by atoms with Crippen LogP contribution in [0.15, 0.2) is 42.0 Å². The van der Waals surface area contributed by atoms with Gasteiger partial charge in [0.25, 0.3) is 0 Å². The lowest BCUT2D eigenvalue weighted by Crippen LogP contribution is -2.52. The van der Waals surface area contributed by atoms with Crippen molar-refractivity contribution in [1.29, 1.82) is 21.2 Å². The van der Waals surface area contributed by atoms with Crippen molar-refractivity contribution < 1.29 is 0 Å². The number of rotatable bonds is 1. The molecule has 0 amide bonds. The Morgan fingerprint density at radius 1 is 1.17 bits per heavy atom. The van der Waals surface area contributed by atoms with E-state index in [4.69, 9.17) is 5.41 Å². The number of nitriles is 3. The molecule has 5 nitrogen and oxygen atoms in total. The van der Waals surface area contributed by atoms with Crippen molar-refractivity contribution in [3.05, 3.63) is 47.5 Å². The number of hydrogen-bond donors (Lipinski definition) is 1. The zero-order valence-corrected chi connectivity index (χ0v) is 13.4. The molecule has 0 saturated heterocycles. The van der Waals surface area contributed by atoms with Gasteiger partial charge in [0.2, 0.25) is 0 Å². The number of fused-ring (bicyclic) bond motifs is 1. The van der Waals surface area contributed by atoms with Crippen LogP contribution in [0.3, 0.4) is 0 Å². The standard InChI is InChI=1S/C19H17N5/c1-24-8-7-14-15(9-20)18(23)19(11-21,12-22)17(16(14)10-24)13-5-3-2-4-6-13/h2-7,15-17,23H,8,10H2,1H3/t15?,16-,17-/m0/s1. The maximum atomic E-state index is 9.86. The Labute approximate surface area is 141 Å². The predicted molar refractivity (Wildman–Crippen MR) is 88.7 cm³/mol. The van der Waals surface area contributed by atoms with Crippen molar-refractivity contribution >= 4 is 5.71 Å². The van der Waals surface area contributed by atoms with Crippen molar-refractivity contribution in [2.24, 2.45) is 17.3 Å². The van der Waals surface area contributed by atoms with Crippen LogP contribution in [0.4, 0.5) is 0 Å². The zero-order valence-electron chi connectivity index (χ0n) is 13.4. The largest absolute Gasteiger partial charge is 0.305 e. The molecule has 1 N–H and O–H groups in total. The molecule has 1 fully saturated rings. The lowest BCUT2D eigenvalue weighted by atomic mass is 9.54. The fourth-order valence-electron chi connectivity index (χ4n) is 3.99. The van der Waals surface area contributed by atoms with Crippen LogP contribution in [0.1, 0.15) is 11.5 Å². The van der Waals surface area contributed by atoms with E-state index in [1.165, 1.54) is 0 Å².